The van der Waals surface area contributed by atoms with Gasteiger partial charge in [0.25, 0.3) is 0 Å². The maximum atomic E-state index is 11.8. The summed E-state index contributed by atoms with van der Waals surface area (Å²) in [6, 6.07) is 8.02. The van der Waals surface area contributed by atoms with Crippen LogP contribution in [0.5, 0.6) is 0 Å². The third-order valence-corrected chi connectivity index (χ3v) is 2.90. The first-order valence-corrected chi connectivity index (χ1v) is 6.58. The molecule has 3 heteroatoms. The maximum Gasteiger partial charge on any atom is 0.224 e. The molecule has 0 aliphatic rings. The highest BCUT2D eigenvalue weighted by molar-refractivity contribution is 7.98. The minimum absolute atomic E-state index is 0.0778. The minimum Gasteiger partial charge on any atom is -0.351 e. The molecule has 2 nitrogen and oxygen atoms in total. The molecule has 0 aromatic heterocycles. The Labute approximate surface area is 102 Å². The van der Waals surface area contributed by atoms with E-state index in [-0.39, 0.29) is 11.4 Å². The van der Waals surface area contributed by atoms with Gasteiger partial charge in [-0.3, -0.25) is 4.79 Å². The lowest BCUT2D eigenvalue weighted by atomic mass is 10.1. The first kappa shape index (κ1) is 13.1. The number of nitrogens with one attached hydrogen (secondary N) is 1. The summed E-state index contributed by atoms with van der Waals surface area (Å²) in [6.45, 7) is 5.97. The van der Waals surface area contributed by atoms with Gasteiger partial charge >= 0.3 is 0 Å². The molecule has 16 heavy (non-hydrogen) atoms. The highest BCUT2D eigenvalue weighted by Crippen LogP contribution is 2.20. The van der Waals surface area contributed by atoms with Crippen molar-refractivity contribution in [2.45, 2.75) is 37.6 Å². The Bertz CT molecular complexity index is 368. The molecule has 0 saturated heterocycles. The average molecular weight is 237 g/mol. The van der Waals surface area contributed by atoms with Crippen molar-refractivity contribution in [3.8, 4) is 0 Å². The molecule has 88 valence electrons. The highest BCUT2D eigenvalue weighted by Gasteiger charge is 2.14. The first-order chi connectivity index (χ1) is 7.42. The summed E-state index contributed by atoms with van der Waals surface area (Å²) >= 11 is 1.68. The van der Waals surface area contributed by atoms with E-state index in [1.165, 1.54) is 4.90 Å². The van der Waals surface area contributed by atoms with Crippen molar-refractivity contribution in [1.29, 1.82) is 0 Å². The summed E-state index contributed by atoms with van der Waals surface area (Å²) in [7, 11) is 0. The van der Waals surface area contributed by atoms with Gasteiger partial charge in [-0.05, 0) is 38.7 Å². The molecule has 0 aliphatic carbocycles. The molecular formula is C13H19NOS. The molecule has 0 spiro atoms. The van der Waals surface area contributed by atoms with E-state index in [0.717, 1.165) is 5.56 Å². The number of carbonyl (C=O) groups is 1. The fraction of sp³-hybridized carbons (Fsp3) is 0.462. The fourth-order valence-electron chi connectivity index (χ4n) is 1.48. The molecule has 0 fully saturated rings. The van der Waals surface area contributed by atoms with Gasteiger partial charge in [0.2, 0.25) is 5.91 Å². The molecule has 0 aliphatic heterocycles. The predicted octanol–water partition coefficient (Wildman–Crippen LogP) is 2.87. The van der Waals surface area contributed by atoms with E-state index in [0.29, 0.717) is 6.42 Å². The van der Waals surface area contributed by atoms with Crippen LogP contribution in [0.15, 0.2) is 29.2 Å². The third-order valence-electron chi connectivity index (χ3n) is 2.06. The second-order valence-electron chi connectivity index (χ2n) is 4.79. The molecule has 1 aromatic rings. The van der Waals surface area contributed by atoms with Crippen molar-refractivity contribution in [2.24, 2.45) is 0 Å². The van der Waals surface area contributed by atoms with Gasteiger partial charge in [-0.15, -0.1) is 11.8 Å². The van der Waals surface area contributed by atoms with E-state index in [1.54, 1.807) is 11.8 Å². The van der Waals surface area contributed by atoms with E-state index < -0.39 is 0 Å². The van der Waals surface area contributed by atoms with E-state index in [4.69, 9.17) is 0 Å². The number of amides is 1. The molecule has 0 heterocycles. The maximum absolute atomic E-state index is 11.8. The number of thioether (sulfide) groups is 1. The lowest BCUT2D eigenvalue weighted by Crippen LogP contribution is -2.41. The van der Waals surface area contributed by atoms with Crippen LogP contribution in [0.2, 0.25) is 0 Å². The van der Waals surface area contributed by atoms with Gasteiger partial charge in [0.15, 0.2) is 0 Å². The smallest absolute Gasteiger partial charge is 0.224 e. The normalized spacial score (nSPS) is 11.2. The summed E-state index contributed by atoms with van der Waals surface area (Å²) in [5, 5.41) is 2.97. The van der Waals surface area contributed by atoms with Crippen LogP contribution < -0.4 is 5.32 Å². The largest absolute Gasteiger partial charge is 0.351 e. The number of carbonyl (C=O) groups excluding carboxylic acids is 1. The summed E-state index contributed by atoms with van der Waals surface area (Å²) in [6.07, 6.45) is 2.48. The Morgan fingerprint density at radius 2 is 1.94 bits per heavy atom. The van der Waals surface area contributed by atoms with Gasteiger partial charge in [0, 0.05) is 10.4 Å². The zero-order chi connectivity index (χ0) is 12.2. The molecule has 0 atom stereocenters. The van der Waals surface area contributed by atoms with Crippen molar-refractivity contribution < 1.29 is 4.79 Å². The van der Waals surface area contributed by atoms with Crippen molar-refractivity contribution in [3.05, 3.63) is 29.8 Å². The van der Waals surface area contributed by atoms with E-state index in [1.807, 2.05) is 51.3 Å². The second kappa shape index (κ2) is 5.39. The van der Waals surface area contributed by atoms with E-state index in [2.05, 4.69) is 5.32 Å². The molecule has 1 aromatic carbocycles. The Morgan fingerprint density at radius 1 is 1.31 bits per heavy atom. The molecule has 0 bridgehead atoms. The Kier molecular flexibility index (Phi) is 4.42. The lowest BCUT2D eigenvalue weighted by Gasteiger charge is -2.20. The van der Waals surface area contributed by atoms with Gasteiger partial charge in [0.1, 0.15) is 0 Å². The number of rotatable bonds is 3. The SMILES string of the molecule is CSc1ccccc1CC(=O)NC(C)(C)C. The number of benzene rings is 1. The summed E-state index contributed by atoms with van der Waals surface area (Å²) in [5.41, 5.74) is 0.933. The molecular weight excluding hydrogens is 218 g/mol. The van der Waals surface area contributed by atoms with Crippen LogP contribution in [0.4, 0.5) is 0 Å². The summed E-state index contributed by atoms with van der Waals surface area (Å²) in [4.78, 5) is 12.9. The summed E-state index contributed by atoms with van der Waals surface area (Å²) in [5.74, 6) is 0.0778. The van der Waals surface area contributed by atoms with Crippen LogP contribution in [-0.2, 0) is 11.2 Å². The van der Waals surface area contributed by atoms with Crippen molar-refractivity contribution in [2.75, 3.05) is 6.26 Å². The Balaban J connectivity index is 2.70. The molecule has 1 amide bonds. The van der Waals surface area contributed by atoms with E-state index in [9.17, 15) is 4.79 Å². The van der Waals surface area contributed by atoms with Crippen molar-refractivity contribution in [3.63, 3.8) is 0 Å². The minimum atomic E-state index is -0.161. The topological polar surface area (TPSA) is 29.1 Å². The Hall–Kier alpha value is -0.960. The molecule has 0 unspecified atom stereocenters. The van der Waals surface area contributed by atoms with Crippen LogP contribution in [0, 0.1) is 0 Å². The van der Waals surface area contributed by atoms with Crippen LogP contribution in [0.3, 0.4) is 0 Å². The third kappa shape index (κ3) is 4.27. The lowest BCUT2D eigenvalue weighted by molar-refractivity contribution is -0.121. The zero-order valence-electron chi connectivity index (χ0n) is 10.3. The number of hydrogen-bond acceptors (Lipinski definition) is 2. The van der Waals surface area contributed by atoms with Gasteiger partial charge in [-0.2, -0.15) is 0 Å². The van der Waals surface area contributed by atoms with Crippen LogP contribution in [-0.4, -0.2) is 17.7 Å². The highest BCUT2D eigenvalue weighted by atomic mass is 32.2. The van der Waals surface area contributed by atoms with Crippen LogP contribution in [0.25, 0.3) is 0 Å². The van der Waals surface area contributed by atoms with Crippen LogP contribution >= 0.6 is 11.8 Å². The quantitative estimate of drug-likeness (QED) is 0.819. The van der Waals surface area contributed by atoms with Crippen molar-refractivity contribution >= 4 is 17.7 Å². The summed E-state index contributed by atoms with van der Waals surface area (Å²) < 4.78 is 0. The van der Waals surface area contributed by atoms with Gasteiger partial charge < -0.3 is 5.32 Å². The predicted molar refractivity (Wildman–Crippen MR) is 69.8 cm³/mol. The molecule has 1 rings (SSSR count). The van der Waals surface area contributed by atoms with Crippen molar-refractivity contribution in [1.82, 2.24) is 5.32 Å². The Morgan fingerprint density at radius 3 is 2.50 bits per heavy atom. The van der Waals surface area contributed by atoms with E-state index >= 15 is 0 Å². The second-order valence-corrected chi connectivity index (χ2v) is 5.63. The standard InChI is InChI=1S/C13H19NOS/c1-13(2,3)14-12(15)9-10-7-5-6-8-11(10)16-4/h5-8H,9H2,1-4H3,(H,14,15). The molecule has 0 radical (unpaired) electrons. The zero-order valence-corrected chi connectivity index (χ0v) is 11.1. The average Bonchev–Trinajstić information content (AvgIpc) is 2.15. The van der Waals surface area contributed by atoms with Crippen LogP contribution in [0.1, 0.15) is 26.3 Å². The molecule has 0 saturated carbocycles. The first-order valence-electron chi connectivity index (χ1n) is 5.35. The monoisotopic (exact) mass is 237 g/mol. The van der Waals surface area contributed by atoms with Gasteiger partial charge in [0.05, 0.1) is 6.42 Å². The number of hydrogen-bond donors (Lipinski definition) is 1. The molecule has 1 N–H and O–H groups in total. The van der Waals surface area contributed by atoms with Gasteiger partial charge in [-0.25, -0.2) is 0 Å². The fourth-order valence-corrected chi connectivity index (χ4v) is 2.10. The van der Waals surface area contributed by atoms with Gasteiger partial charge in [-0.1, -0.05) is 18.2 Å².